The van der Waals surface area contributed by atoms with Crippen molar-refractivity contribution < 1.29 is 13.9 Å². The number of benzene rings is 1. The van der Waals surface area contributed by atoms with Crippen LogP contribution in [0.2, 0.25) is 0 Å². The molecule has 0 aliphatic carbocycles. The van der Waals surface area contributed by atoms with Gasteiger partial charge < -0.3 is 14.6 Å². The number of hydrogen-bond donors (Lipinski definition) is 1. The Balaban J connectivity index is 1.49. The van der Waals surface area contributed by atoms with Crippen molar-refractivity contribution in [2.45, 2.75) is 37.8 Å². The molecule has 1 aliphatic heterocycles. The zero-order valence-corrected chi connectivity index (χ0v) is 13.7. The minimum absolute atomic E-state index is 0.0231. The van der Waals surface area contributed by atoms with Crippen LogP contribution >= 0.6 is 0 Å². The van der Waals surface area contributed by atoms with Gasteiger partial charge in [0.15, 0.2) is 0 Å². The van der Waals surface area contributed by atoms with E-state index in [-0.39, 0.29) is 23.9 Å². The number of halogens is 1. The number of rotatable bonds is 5. The van der Waals surface area contributed by atoms with E-state index in [9.17, 15) is 9.18 Å². The van der Waals surface area contributed by atoms with Gasteiger partial charge in [-0.15, -0.1) is 0 Å². The lowest BCUT2D eigenvalue weighted by molar-refractivity contribution is -0.122. The fourth-order valence-electron chi connectivity index (χ4n) is 3.02. The average Bonchev–Trinajstić information content (AvgIpc) is 3.01. The van der Waals surface area contributed by atoms with Gasteiger partial charge in [-0.25, -0.2) is 9.37 Å². The van der Waals surface area contributed by atoms with Gasteiger partial charge in [-0.05, 0) is 37.0 Å². The summed E-state index contributed by atoms with van der Waals surface area (Å²) in [6.07, 6.45) is 6.11. The molecular weight excluding hydrogens is 309 g/mol. The SMILES string of the molecule is Cn1cncc1[C@@H]1C[C@@H](NC(=O)CCc2ccc(F)cc2)CCO1. The Bertz CT molecular complexity index is 684. The van der Waals surface area contributed by atoms with Gasteiger partial charge in [0.25, 0.3) is 0 Å². The molecule has 0 saturated carbocycles. The molecule has 3 rings (SSSR count). The van der Waals surface area contributed by atoms with E-state index < -0.39 is 0 Å². The van der Waals surface area contributed by atoms with E-state index >= 15 is 0 Å². The highest BCUT2D eigenvalue weighted by Crippen LogP contribution is 2.27. The van der Waals surface area contributed by atoms with E-state index in [1.54, 1.807) is 18.5 Å². The molecule has 1 fully saturated rings. The first-order chi connectivity index (χ1) is 11.6. The van der Waals surface area contributed by atoms with Crippen molar-refractivity contribution in [3.05, 3.63) is 53.9 Å². The summed E-state index contributed by atoms with van der Waals surface area (Å²) >= 11 is 0. The number of carbonyl (C=O) groups excluding carboxylic acids is 1. The maximum atomic E-state index is 12.9. The molecule has 2 atom stereocenters. The lowest BCUT2D eigenvalue weighted by atomic mass is 10.0. The zero-order valence-electron chi connectivity index (χ0n) is 13.7. The zero-order chi connectivity index (χ0) is 16.9. The molecular formula is C18H22FN3O2. The molecule has 2 heterocycles. The third-order valence-corrected chi connectivity index (χ3v) is 4.39. The normalized spacial score (nSPS) is 20.8. The molecule has 1 amide bonds. The monoisotopic (exact) mass is 331 g/mol. The molecule has 1 aliphatic rings. The topological polar surface area (TPSA) is 56.2 Å². The second-order valence-corrected chi connectivity index (χ2v) is 6.20. The standard InChI is InChI=1S/C18H22FN3O2/c1-22-12-20-11-16(22)17-10-15(8-9-24-17)21-18(23)7-4-13-2-5-14(19)6-3-13/h2-3,5-6,11-12,15,17H,4,7-10H2,1H3,(H,21,23)/t15-,17-/m0/s1. The summed E-state index contributed by atoms with van der Waals surface area (Å²) in [4.78, 5) is 16.3. The summed E-state index contributed by atoms with van der Waals surface area (Å²) in [6, 6.07) is 6.39. The van der Waals surface area contributed by atoms with Crippen LogP contribution in [-0.2, 0) is 23.0 Å². The van der Waals surface area contributed by atoms with Gasteiger partial charge in [-0.1, -0.05) is 12.1 Å². The van der Waals surface area contributed by atoms with Crippen LogP contribution in [0.25, 0.3) is 0 Å². The molecule has 0 unspecified atom stereocenters. The molecule has 2 aromatic rings. The number of ether oxygens (including phenoxy) is 1. The Labute approximate surface area is 140 Å². The fourth-order valence-corrected chi connectivity index (χ4v) is 3.02. The maximum Gasteiger partial charge on any atom is 0.220 e. The van der Waals surface area contributed by atoms with E-state index in [1.165, 1.54) is 12.1 Å². The predicted octanol–water partition coefficient (Wildman–Crippen LogP) is 2.53. The summed E-state index contributed by atoms with van der Waals surface area (Å²) in [5, 5.41) is 3.09. The molecule has 5 nitrogen and oxygen atoms in total. The number of aromatic nitrogens is 2. The molecule has 0 spiro atoms. The highest BCUT2D eigenvalue weighted by molar-refractivity contribution is 5.76. The summed E-state index contributed by atoms with van der Waals surface area (Å²) < 4.78 is 20.6. The molecule has 1 aromatic heterocycles. The molecule has 1 saturated heterocycles. The van der Waals surface area contributed by atoms with Crippen molar-refractivity contribution in [1.29, 1.82) is 0 Å². The number of nitrogens with one attached hydrogen (secondary N) is 1. The van der Waals surface area contributed by atoms with E-state index in [4.69, 9.17) is 4.74 Å². The van der Waals surface area contributed by atoms with Crippen molar-refractivity contribution in [3.8, 4) is 0 Å². The van der Waals surface area contributed by atoms with Crippen molar-refractivity contribution in [2.24, 2.45) is 7.05 Å². The molecule has 128 valence electrons. The van der Waals surface area contributed by atoms with E-state index in [0.717, 1.165) is 24.1 Å². The number of hydrogen-bond acceptors (Lipinski definition) is 3. The number of aryl methyl sites for hydroxylation is 2. The molecule has 0 bridgehead atoms. The van der Waals surface area contributed by atoms with Gasteiger partial charge >= 0.3 is 0 Å². The van der Waals surface area contributed by atoms with Crippen molar-refractivity contribution in [1.82, 2.24) is 14.9 Å². The van der Waals surface area contributed by atoms with Crippen molar-refractivity contribution in [2.75, 3.05) is 6.61 Å². The summed E-state index contributed by atoms with van der Waals surface area (Å²) in [6.45, 7) is 0.624. The van der Waals surface area contributed by atoms with Gasteiger partial charge in [0.1, 0.15) is 11.9 Å². The first-order valence-corrected chi connectivity index (χ1v) is 8.23. The van der Waals surface area contributed by atoms with E-state index in [0.29, 0.717) is 19.4 Å². The van der Waals surface area contributed by atoms with E-state index in [1.807, 2.05) is 17.8 Å². The van der Waals surface area contributed by atoms with Crippen molar-refractivity contribution in [3.63, 3.8) is 0 Å². The fraction of sp³-hybridized carbons (Fsp3) is 0.444. The average molecular weight is 331 g/mol. The summed E-state index contributed by atoms with van der Waals surface area (Å²) in [5.41, 5.74) is 1.99. The van der Waals surface area contributed by atoms with Gasteiger partial charge in [0.2, 0.25) is 5.91 Å². The summed E-state index contributed by atoms with van der Waals surface area (Å²) in [5.74, 6) is -0.235. The highest BCUT2D eigenvalue weighted by Gasteiger charge is 2.26. The lowest BCUT2D eigenvalue weighted by Crippen LogP contribution is -2.40. The van der Waals surface area contributed by atoms with Crippen molar-refractivity contribution >= 4 is 5.91 Å². The Hall–Kier alpha value is -2.21. The van der Waals surface area contributed by atoms with Crippen LogP contribution in [0.4, 0.5) is 4.39 Å². The first-order valence-electron chi connectivity index (χ1n) is 8.23. The van der Waals surface area contributed by atoms with Crippen LogP contribution in [0.15, 0.2) is 36.8 Å². The number of carbonyl (C=O) groups is 1. The van der Waals surface area contributed by atoms with Gasteiger partial charge in [0, 0.05) is 26.1 Å². The van der Waals surface area contributed by atoms with Gasteiger partial charge in [0.05, 0.1) is 18.2 Å². The number of imidazole rings is 1. The largest absolute Gasteiger partial charge is 0.372 e. The third kappa shape index (κ3) is 4.20. The van der Waals surface area contributed by atoms with Crippen LogP contribution in [-0.4, -0.2) is 28.1 Å². The maximum absolute atomic E-state index is 12.9. The third-order valence-electron chi connectivity index (χ3n) is 4.39. The first kappa shape index (κ1) is 16.6. The van der Waals surface area contributed by atoms with Crippen LogP contribution < -0.4 is 5.32 Å². The Morgan fingerprint density at radius 3 is 2.92 bits per heavy atom. The smallest absolute Gasteiger partial charge is 0.220 e. The lowest BCUT2D eigenvalue weighted by Gasteiger charge is -2.30. The van der Waals surface area contributed by atoms with Crippen LogP contribution in [0, 0.1) is 5.82 Å². The highest BCUT2D eigenvalue weighted by atomic mass is 19.1. The van der Waals surface area contributed by atoms with Crippen LogP contribution in [0.3, 0.4) is 0 Å². The molecule has 1 N–H and O–H groups in total. The van der Waals surface area contributed by atoms with Gasteiger partial charge in [-0.2, -0.15) is 0 Å². The predicted molar refractivity (Wildman–Crippen MR) is 87.8 cm³/mol. The molecule has 6 heteroatoms. The minimum atomic E-state index is -0.258. The quantitative estimate of drug-likeness (QED) is 0.916. The molecule has 1 aromatic carbocycles. The van der Waals surface area contributed by atoms with E-state index in [2.05, 4.69) is 10.3 Å². The summed E-state index contributed by atoms with van der Waals surface area (Å²) in [7, 11) is 1.94. The Kier molecular flexibility index (Phi) is 5.25. The Morgan fingerprint density at radius 2 is 2.21 bits per heavy atom. The second kappa shape index (κ2) is 7.57. The molecule has 24 heavy (non-hydrogen) atoms. The van der Waals surface area contributed by atoms with Crippen LogP contribution in [0.1, 0.15) is 36.6 Å². The second-order valence-electron chi connectivity index (χ2n) is 6.20. The number of nitrogens with zero attached hydrogens (tertiary/aromatic N) is 2. The van der Waals surface area contributed by atoms with Gasteiger partial charge in [-0.3, -0.25) is 4.79 Å². The number of amides is 1. The Morgan fingerprint density at radius 1 is 1.42 bits per heavy atom. The minimum Gasteiger partial charge on any atom is -0.372 e. The molecule has 0 radical (unpaired) electrons. The van der Waals surface area contributed by atoms with Crippen LogP contribution in [0.5, 0.6) is 0 Å².